The fourth-order valence-electron chi connectivity index (χ4n) is 0.763. The second-order valence-electron chi connectivity index (χ2n) is 3.84. The lowest BCUT2D eigenvalue weighted by molar-refractivity contribution is 0.145. The maximum absolute atomic E-state index is 5.61. The van der Waals surface area contributed by atoms with Crippen LogP contribution in [0.2, 0.25) is 0 Å². The first-order chi connectivity index (χ1) is 5.91. The van der Waals surface area contributed by atoms with Crippen LogP contribution in [-0.2, 0) is 9.31 Å². The van der Waals surface area contributed by atoms with Gasteiger partial charge in [-0.3, -0.25) is 0 Å². The molecular weight excluding hydrogens is 183 g/mol. The fourth-order valence-corrected chi connectivity index (χ4v) is 1.78. The first-order valence-corrected chi connectivity index (χ1v) is 5.82. The van der Waals surface area contributed by atoms with E-state index in [1.165, 1.54) is 0 Å². The van der Waals surface area contributed by atoms with Crippen molar-refractivity contribution in [3.05, 3.63) is 0 Å². The predicted octanol–water partition coefficient (Wildman–Crippen LogP) is 2.96. The summed E-state index contributed by atoms with van der Waals surface area (Å²) in [5, 5.41) is 0.530. The zero-order valence-corrected chi connectivity index (χ0v) is 10.4. The Hall–Kier alpha value is 0.335. The van der Waals surface area contributed by atoms with Gasteiger partial charge in [-0.25, -0.2) is 0 Å². The molecule has 13 heavy (non-hydrogen) atoms. The summed E-state index contributed by atoms with van der Waals surface area (Å²) < 4.78 is 11.2. The molecule has 0 unspecified atom stereocenters. The smallest absolute Gasteiger partial charge is 0.400 e. The third-order valence-corrected chi connectivity index (χ3v) is 2.14. The van der Waals surface area contributed by atoms with Crippen molar-refractivity contribution in [1.29, 1.82) is 0 Å². The van der Waals surface area contributed by atoms with Gasteiger partial charge in [0.2, 0.25) is 0 Å². The standard InChI is InChI=1S/C9H21BO2S/c1-7(2)11-10(12-8(3)4)13-9(5)6/h7-9H,1-6H3. The molecule has 0 fully saturated rings. The molecular formula is C9H21BO2S. The molecule has 0 aromatic rings. The molecule has 2 nitrogen and oxygen atoms in total. The zero-order valence-electron chi connectivity index (χ0n) is 9.53. The average Bonchev–Trinajstić information content (AvgIpc) is 1.80. The zero-order chi connectivity index (χ0) is 10.4. The molecule has 4 heteroatoms. The predicted molar refractivity (Wildman–Crippen MR) is 60.9 cm³/mol. The fraction of sp³-hybridized carbons (Fsp3) is 1.00. The van der Waals surface area contributed by atoms with Crippen molar-refractivity contribution in [2.45, 2.75) is 59.0 Å². The third kappa shape index (κ3) is 8.66. The summed E-state index contributed by atoms with van der Waals surface area (Å²) in [6.07, 6.45) is 0.310. The molecule has 0 rings (SSSR count). The lowest BCUT2D eigenvalue weighted by Gasteiger charge is -2.20. The molecule has 0 atom stereocenters. The second kappa shape index (κ2) is 6.74. The van der Waals surface area contributed by atoms with Crippen molar-refractivity contribution in [3.63, 3.8) is 0 Å². The quantitative estimate of drug-likeness (QED) is 0.619. The van der Waals surface area contributed by atoms with Crippen LogP contribution in [0.4, 0.5) is 0 Å². The van der Waals surface area contributed by atoms with E-state index in [4.69, 9.17) is 9.31 Å². The summed E-state index contributed by atoms with van der Waals surface area (Å²) in [5.74, 6) is 0. The minimum absolute atomic E-state index is 0.125. The molecule has 0 aliphatic heterocycles. The van der Waals surface area contributed by atoms with E-state index in [0.717, 1.165) is 0 Å². The summed E-state index contributed by atoms with van der Waals surface area (Å²) in [6, 6.07) is 0. The second-order valence-corrected chi connectivity index (χ2v) is 5.44. The monoisotopic (exact) mass is 204 g/mol. The molecule has 0 radical (unpaired) electrons. The van der Waals surface area contributed by atoms with Crippen LogP contribution in [0.3, 0.4) is 0 Å². The van der Waals surface area contributed by atoms with Crippen molar-refractivity contribution in [3.8, 4) is 0 Å². The molecule has 0 aliphatic rings. The van der Waals surface area contributed by atoms with Gasteiger partial charge in [-0.05, 0) is 32.9 Å². The first kappa shape index (κ1) is 13.3. The van der Waals surface area contributed by atoms with Gasteiger partial charge in [0.25, 0.3) is 0 Å². The van der Waals surface area contributed by atoms with E-state index < -0.39 is 0 Å². The highest BCUT2D eigenvalue weighted by molar-refractivity contribution is 8.24. The van der Waals surface area contributed by atoms with Crippen LogP contribution in [-0.4, -0.2) is 23.9 Å². The van der Waals surface area contributed by atoms with Gasteiger partial charge < -0.3 is 9.31 Å². The van der Waals surface area contributed by atoms with E-state index in [1.807, 2.05) is 27.7 Å². The number of hydrogen-bond donors (Lipinski definition) is 0. The average molecular weight is 204 g/mol. The van der Waals surface area contributed by atoms with Crippen molar-refractivity contribution in [1.82, 2.24) is 0 Å². The molecule has 0 saturated heterocycles. The van der Waals surface area contributed by atoms with Gasteiger partial charge in [0.15, 0.2) is 0 Å². The molecule has 0 spiro atoms. The summed E-state index contributed by atoms with van der Waals surface area (Å²) in [4.78, 5) is 0. The van der Waals surface area contributed by atoms with E-state index in [-0.39, 0.29) is 18.6 Å². The van der Waals surface area contributed by atoms with Gasteiger partial charge in [-0.1, -0.05) is 13.8 Å². The van der Waals surface area contributed by atoms with Crippen molar-refractivity contribution in [2.24, 2.45) is 0 Å². The summed E-state index contributed by atoms with van der Waals surface area (Å²) in [6.45, 7) is 12.4. The molecule has 0 heterocycles. The van der Waals surface area contributed by atoms with Crippen molar-refractivity contribution >= 4 is 18.0 Å². The first-order valence-electron chi connectivity index (χ1n) is 4.88. The molecule has 0 amide bonds. The van der Waals surface area contributed by atoms with Gasteiger partial charge in [-0.15, -0.1) is 11.6 Å². The Balaban J connectivity index is 3.87. The minimum atomic E-state index is -0.125. The number of rotatable bonds is 6. The maximum atomic E-state index is 5.61. The third-order valence-electron chi connectivity index (χ3n) is 1.15. The van der Waals surface area contributed by atoms with E-state index in [1.54, 1.807) is 11.6 Å². The Morgan fingerprint density at radius 1 is 0.846 bits per heavy atom. The van der Waals surface area contributed by atoms with Crippen LogP contribution in [0.1, 0.15) is 41.5 Å². The number of hydrogen-bond acceptors (Lipinski definition) is 3. The Kier molecular flexibility index (Phi) is 6.91. The Morgan fingerprint density at radius 3 is 1.46 bits per heavy atom. The Bertz CT molecular complexity index is 105. The largest absolute Gasteiger partial charge is 0.532 e. The van der Waals surface area contributed by atoms with Gasteiger partial charge in [0, 0.05) is 12.2 Å². The molecule has 0 aromatic carbocycles. The topological polar surface area (TPSA) is 18.5 Å². The van der Waals surface area contributed by atoms with E-state index >= 15 is 0 Å². The summed E-state index contributed by atoms with van der Waals surface area (Å²) >= 11 is 1.71. The lowest BCUT2D eigenvalue weighted by Crippen LogP contribution is -2.27. The molecule has 0 aliphatic carbocycles. The van der Waals surface area contributed by atoms with Gasteiger partial charge >= 0.3 is 6.40 Å². The van der Waals surface area contributed by atoms with Crippen LogP contribution >= 0.6 is 11.6 Å². The van der Waals surface area contributed by atoms with Crippen LogP contribution in [0.25, 0.3) is 0 Å². The van der Waals surface area contributed by atoms with Gasteiger partial charge in [0.05, 0.1) is 0 Å². The highest BCUT2D eigenvalue weighted by atomic mass is 32.2. The lowest BCUT2D eigenvalue weighted by atomic mass is 10.3. The van der Waals surface area contributed by atoms with Crippen LogP contribution < -0.4 is 0 Å². The highest BCUT2D eigenvalue weighted by Gasteiger charge is 2.23. The molecule has 0 saturated carbocycles. The SMILES string of the molecule is CC(C)OB(OC(C)C)SC(C)C. The van der Waals surface area contributed by atoms with Crippen LogP contribution in [0.15, 0.2) is 0 Å². The summed E-state index contributed by atoms with van der Waals surface area (Å²) in [7, 11) is 0. The molecule has 0 aromatic heterocycles. The van der Waals surface area contributed by atoms with Crippen molar-refractivity contribution in [2.75, 3.05) is 0 Å². The van der Waals surface area contributed by atoms with E-state index in [0.29, 0.717) is 5.25 Å². The molecule has 0 bridgehead atoms. The summed E-state index contributed by atoms with van der Waals surface area (Å²) in [5.41, 5.74) is 0. The van der Waals surface area contributed by atoms with Crippen molar-refractivity contribution < 1.29 is 9.31 Å². The van der Waals surface area contributed by atoms with Crippen LogP contribution in [0.5, 0.6) is 0 Å². The minimum Gasteiger partial charge on any atom is -0.400 e. The Labute approximate surface area is 86.8 Å². The van der Waals surface area contributed by atoms with Gasteiger partial charge in [-0.2, -0.15) is 0 Å². The van der Waals surface area contributed by atoms with E-state index in [2.05, 4.69) is 13.8 Å². The van der Waals surface area contributed by atoms with Gasteiger partial charge in [0.1, 0.15) is 0 Å². The Morgan fingerprint density at radius 2 is 1.23 bits per heavy atom. The highest BCUT2D eigenvalue weighted by Crippen LogP contribution is 2.18. The molecule has 0 N–H and O–H groups in total. The maximum Gasteiger partial charge on any atom is 0.532 e. The van der Waals surface area contributed by atoms with E-state index in [9.17, 15) is 0 Å². The molecule has 78 valence electrons. The normalized spacial score (nSPS) is 11.8. The van der Waals surface area contributed by atoms with Crippen LogP contribution in [0, 0.1) is 0 Å².